The molecule has 0 spiro atoms. The number of esters is 1. The van der Waals surface area contributed by atoms with Gasteiger partial charge in [-0.25, -0.2) is 9.79 Å². The first-order chi connectivity index (χ1) is 14.4. The Morgan fingerprint density at radius 1 is 1.45 bits per heavy atom. The summed E-state index contributed by atoms with van der Waals surface area (Å²) >= 11 is 5.90. The lowest BCUT2D eigenvalue weighted by molar-refractivity contribution is -0.163. The molecule has 3 rings (SSSR count). The molecule has 31 heavy (non-hydrogen) atoms. The molecule has 1 aromatic heterocycles. The Hall–Kier alpha value is -2.64. The molecular weight excluding hydrogens is 461 g/mol. The van der Waals surface area contributed by atoms with Gasteiger partial charge in [-0.2, -0.15) is 0 Å². The van der Waals surface area contributed by atoms with Crippen molar-refractivity contribution in [2.24, 2.45) is 10.7 Å². The Balaban J connectivity index is 1.87. The van der Waals surface area contributed by atoms with Gasteiger partial charge in [-0.15, -0.1) is 0 Å². The number of rotatable bonds is 7. The first kappa shape index (κ1) is 23.0. The fraction of sp³-hybridized carbons (Fsp3) is 0.467. The van der Waals surface area contributed by atoms with Crippen molar-refractivity contribution in [3.05, 3.63) is 17.3 Å². The molecule has 2 atom stereocenters. The monoisotopic (exact) mass is 481 g/mol. The number of carbonyl (C=O) groups is 1. The van der Waals surface area contributed by atoms with Crippen molar-refractivity contribution in [3.63, 3.8) is 0 Å². The van der Waals surface area contributed by atoms with Crippen LogP contribution in [-0.2, 0) is 25.4 Å². The number of halogens is 1. The number of aliphatic imine (C=N–C) groups is 1. The summed E-state index contributed by atoms with van der Waals surface area (Å²) in [5.41, 5.74) is 6.30. The number of hydrogen-bond acceptors (Lipinski definition) is 12. The first-order valence-electron chi connectivity index (χ1n) is 8.81. The van der Waals surface area contributed by atoms with Crippen molar-refractivity contribution in [2.75, 3.05) is 18.2 Å². The number of anilines is 1. The predicted molar refractivity (Wildman–Crippen MR) is 106 cm³/mol. The number of ether oxygens (including phenoxy) is 2. The van der Waals surface area contributed by atoms with Crippen LogP contribution in [0.5, 0.6) is 11.5 Å². The minimum atomic E-state index is -5.15. The van der Waals surface area contributed by atoms with E-state index in [0.717, 1.165) is 6.92 Å². The van der Waals surface area contributed by atoms with Gasteiger partial charge in [0.25, 0.3) is 5.34 Å². The molecule has 1 fully saturated rings. The molecule has 172 valence electrons. The van der Waals surface area contributed by atoms with Crippen LogP contribution >= 0.6 is 19.2 Å². The largest absolute Gasteiger partial charge is 0.502 e. The average Bonchev–Trinajstić information content (AvgIpc) is 3.21. The Kier molecular flexibility index (Phi) is 6.04. The van der Waals surface area contributed by atoms with Crippen molar-refractivity contribution < 1.29 is 43.3 Å². The summed E-state index contributed by atoms with van der Waals surface area (Å²) in [4.78, 5) is 36.7. The van der Waals surface area contributed by atoms with Crippen LogP contribution in [0.4, 0.5) is 5.88 Å². The maximum absolute atomic E-state index is 12.1. The summed E-state index contributed by atoms with van der Waals surface area (Å²) in [6, 6.07) is 0. The topological polar surface area (TPSA) is 212 Å². The number of aromatic hydroxyl groups is 2. The Morgan fingerprint density at radius 2 is 2.13 bits per heavy atom. The number of hydrogen-bond donors (Lipinski definition) is 7. The Bertz CT molecular complexity index is 1010. The highest BCUT2D eigenvalue weighted by molar-refractivity contribution is 7.54. The van der Waals surface area contributed by atoms with Gasteiger partial charge in [0.1, 0.15) is 12.4 Å². The number of nitrogens with two attached hydrogens (primary N) is 1. The van der Waals surface area contributed by atoms with E-state index in [1.165, 1.54) is 11.8 Å². The SMILES string of the molecule is CCOC(=O)[C@](C)(OCc1oc(N2CNC3=C(N)NC(Cl)=N[C@@H]32)c(O)c1O)P(=O)(O)O. The summed E-state index contributed by atoms with van der Waals surface area (Å²) in [5, 5.41) is 23.5. The van der Waals surface area contributed by atoms with E-state index in [-0.39, 0.29) is 30.3 Å². The molecule has 2 aliphatic rings. The number of nitrogens with one attached hydrogen (secondary N) is 2. The predicted octanol–water partition coefficient (Wildman–Crippen LogP) is -0.317. The molecule has 0 bridgehead atoms. The van der Waals surface area contributed by atoms with Crippen LogP contribution in [0.3, 0.4) is 0 Å². The van der Waals surface area contributed by atoms with Gasteiger partial charge >= 0.3 is 13.6 Å². The normalized spacial score (nSPS) is 20.5. The van der Waals surface area contributed by atoms with Crippen LogP contribution in [-0.4, -0.2) is 56.0 Å². The molecule has 16 heteroatoms. The molecule has 0 amide bonds. The van der Waals surface area contributed by atoms with Crippen molar-refractivity contribution >= 4 is 36.3 Å². The highest BCUT2D eigenvalue weighted by Gasteiger charge is 2.53. The third-order valence-electron chi connectivity index (χ3n) is 4.62. The zero-order valence-electron chi connectivity index (χ0n) is 16.3. The van der Waals surface area contributed by atoms with Crippen molar-refractivity contribution in [1.82, 2.24) is 10.6 Å². The quantitative estimate of drug-likeness (QED) is 0.151. The molecule has 3 heterocycles. The van der Waals surface area contributed by atoms with Gasteiger partial charge in [-0.3, -0.25) is 9.46 Å². The van der Waals surface area contributed by atoms with Crippen LogP contribution in [0.15, 0.2) is 20.9 Å². The van der Waals surface area contributed by atoms with E-state index in [1.807, 2.05) is 0 Å². The molecular formula is C15H21ClN5O9P. The second-order valence-electron chi connectivity index (χ2n) is 6.61. The van der Waals surface area contributed by atoms with Gasteiger partial charge in [-0.05, 0) is 25.4 Å². The third-order valence-corrected chi connectivity index (χ3v) is 6.24. The van der Waals surface area contributed by atoms with Gasteiger partial charge in [0.15, 0.2) is 17.2 Å². The summed E-state index contributed by atoms with van der Waals surface area (Å²) in [6.45, 7) is 1.45. The molecule has 14 nitrogen and oxygen atoms in total. The highest BCUT2D eigenvalue weighted by Crippen LogP contribution is 2.53. The van der Waals surface area contributed by atoms with Gasteiger partial charge in [0, 0.05) is 0 Å². The molecule has 0 aromatic carbocycles. The van der Waals surface area contributed by atoms with Gasteiger partial charge < -0.3 is 50.3 Å². The van der Waals surface area contributed by atoms with E-state index in [2.05, 4.69) is 20.4 Å². The van der Waals surface area contributed by atoms with Gasteiger partial charge in [-0.1, -0.05) is 0 Å². The van der Waals surface area contributed by atoms with Crippen LogP contribution in [0, 0.1) is 0 Å². The lowest BCUT2D eigenvalue weighted by Gasteiger charge is -2.27. The smallest absolute Gasteiger partial charge is 0.368 e. The number of fused-ring (bicyclic) bond motifs is 1. The molecule has 1 saturated heterocycles. The average molecular weight is 482 g/mol. The fourth-order valence-corrected chi connectivity index (χ4v) is 3.58. The van der Waals surface area contributed by atoms with Crippen LogP contribution < -0.4 is 21.3 Å². The zero-order chi connectivity index (χ0) is 23.1. The molecule has 0 aliphatic carbocycles. The molecule has 0 unspecified atom stereocenters. The maximum atomic E-state index is 12.1. The molecule has 0 saturated carbocycles. The van der Waals surface area contributed by atoms with E-state index < -0.39 is 48.9 Å². The summed E-state index contributed by atoms with van der Waals surface area (Å²) in [5.74, 6) is -3.16. The van der Waals surface area contributed by atoms with Gasteiger partial charge in [0.05, 0.1) is 19.0 Å². The van der Waals surface area contributed by atoms with E-state index in [4.69, 9.17) is 26.5 Å². The summed E-state index contributed by atoms with van der Waals surface area (Å²) in [6.07, 6.45) is -0.793. The second kappa shape index (κ2) is 8.13. The molecule has 8 N–H and O–H groups in total. The van der Waals surface area contributed by atoms with Crippen LogP contribution in [0.1, 0.15) is 19.6 Å². The molecule has 2 aliphatic heterocycles. The lowest BCUT2D eigenvalue weighted by Crippen LogP contribution is -2.39. The third kappa shape index (κ3) is 4.00. The first-order valence-corrected chi connectivity index (χ1v) is 10.8. The Morgan fingerprint density at radius 3 is 2.74 bits per heavy atom. The van der Waals surface area contributed by atoms with Gasteiger partial charge in [0.2, 0.25) is 17.4 Å². The standard InChI is InChI=1S/C15H21ClN5O9P/c1-3-28-13(24)15(2,31(25,26)27)29-4-6-8(22)9(23)12(30-6)21-5-18-7-10(17)19-14(16)20-11(7)21/h11,18,22-23H,3-5,17H2,1-2H3,(H,19,20)(H2,25,26,27)/t11-,15-/m1/s1. The van der Waals surface area contributed by atoms with E-state index in [0.29, 0.717) is 5.70 Å². The number of carbonyl (C=O) groups excluding carboxylic acids is 1. The maximum Gasteiger partial charge on any atom is 0.368 e. The Labute approximate surface area is 180 Å². The van der Waals surface area contributed by atoms with E-state index >= 15 is 0 Å². The zero-order valence-corrected chi connectivity index (χ0v) is 18.0. The fourth-order valence-electron chi connectivity index (χ4n) is 2.85. The second-order valence-corrected chi connectivity index (χ2v) is 8.91. The highest BCUT2D eigenvalue weighted by atomic mass is 35.5. The lowest BCUT2D eigenvalue weighted by atomic mass is 10.3. The van der Waals surface area contributed by atoms with Crippen molar-refractivity contribution in [1.29, 1.82) is 0 Å². The van der Waals surface area contributed by atoms with Crippen LogP contribution in [0.25, 0.3) is 0 Å². The molecule has 1 aromatic rings. The van der Waals surface area contributed by atoms with Crippen LogP contribution in [0.2, 0.25) is 0 Å². The molecule has 0 radical (unpaired) electrons. The minimum absolute atomic E-state index is 0.00868. The number of furan rings is 1. The summed E-state index contributed by atoms with van der Waals surface area (Å²) in [7, 11) is -5.15. The number of nitrogens with zero attached hydrogens (tertiary/aromatic N) is 2. The summed E-state index contributed by atoms with van der Waals surface area (Å²) < 4.78 is 27.1. The van der Waals surface area contributed by atoms with Crippen molar-refractivity contribution in [3.8, 4) is 11.5 Å². The minimum Gasteiger partial charge on any atom is -0.502 e. The van der Waals surface area contributed by atoms with E-state index in [9.17, 15) is 29.4 Å². The van der Waals surface area contributed by atoms with E-state index in [1.54, 1.807) is 0 Å². The number of amidine groups is 1. The van der Waals surface area contributed by atoms with Crippen molar-refractivity contribution in [2.45, 2.75) is 32.0 Å².